The van der Waals surface area contributed by atoms with Crippen molar-refractivity contribution in [1.82, 2.24) is 4.90 Å². The summed E-state index contributed by atoms with van der Waals surface area (Å²) in [5.74, 6) is 0.690. The average molecular weight is 354 g/mol. The van der Waals surface area contributed by atoms with Gasteiger partial charge >= 0.3 is 0 Å². The SMILES string of the molecule is O=C([C@@H]1CCc2ccccc2O1)N1CCCN(c2ccc(F)cc2)CC1. The number of carbonyl (C=O) groups is 1. The molecule has 4 rings (SSSR count). The van der Waals surface area contributed by atoms with E-state index in [4.69, 9.17) is 4.74 Å². The van der Waals surface area contributed by atoms with Crippen molar-refractivity contribution in [2.45, 2.75) is 25.4 Å². The minimum Gasteiger partial charge on any atom is -0.480 e. The maximum absolute atomic E-state index is 13.1. The summed E-state index contributed by atoms with van der Waals surface area (Å²) >= 11 is 0. The Morgan fingerprint density at radius 1 is 1.00 bits per heavy atom. The van der Waals surface area contributed by atoms with Crippen molar-refractivity contribution >= 4 is 11.6 Å². The number of carbonyl (C=O) groups excluding carboxylic acids is 1. The Bertz CT molecular complexity index is 778. The summed E-state index contributed by atoms with van der Waals surface area (Å²) in [6, 6.07) is 14.5. The molecule has 1 saturated heterocycles. The number of benzene rings is 2. The molecule has 2 heterocycles. The molecule has 1 amide bonds. The van der Waals surface area contributed by atoms with Crippen molar-refractivity contribution < 1.29 is 13.9 Å². The molecule has 0 N–H and O–H groups in total. The fourth-order valence-corrected chi connectivity index (χ4v) is 3.75. The van der Waals surface area contributed by atoms with E-state index in [2.05, 4.69) is 11.0 Å². The van der Waals surface area contributed by atoms with Gasteiger partial charge < -0.3 is 14.5 Å². The number of ether oxygens (including phenoxy) is 1. The number of amides is 1. The van der Waals surface area contributed by atoms with Crippen LogP contribution in [0.3, 0.4) is 0 Å². The second-order valence-corrected chi connectivity index (χ2v) is 6.90. The lowest BCUT2D eigenvalue weighted by Crippen LogP contribution is -2.45. The third-order valence-electron chi connectivity index (χ3n) is 5.19. The molecule has 0 aromatic heterocycles. The van der Waals surface area contributed by atoms with Gasteiger partial charge in [0, 0.05) is 31.9 Å². The lowest BCUT2D eigenvalue weighted by Gasteiger charge is -2.30. The van der Waals surface area contributed by atoms with Crippen LogP contribution in [0.1, 0.15) is 18.4 Å². The molecule has 0 saturated carbocycles. The molecule has 0 aliphatic carbocycles. The number of rotatable bonds is 2. The molecular formula is C21H23FN2O2. The van der Waals surface area contributed by atoms with Crippen molar-refractivity contribution in [3.8, 4) is 5.75 Å². The van der Waals surface area contributed by atoms with Gasteiger partial charge in [0.25, 0.3) is 5.91 Å². The molecule has 1 atom stereocenters. The standard InChI is InChI=1S/C21H23FN2O2/c22-17-7-9-18(10-8-17)23-12-3-13-24(15-14-23)21(25)20-11-6-16-4-1-2-5-19(16)26-20/h1-2,4-5,7-10,20H,3,6,11-15H2/t20-/m0/s1. The highest BCUT2D eigenvalue weighted by atomic mass is 19.1. The topological polar surface area (TPSA) is 32.8 Å². The maximum Gasteiger partial charge on any atom is 0.263 e. The fraction of sp³-hybridized carbons (Fsp3) is 0.381. The third-order valence-corrected chi connectivity index (χ3v) is 5.19. The largest absolute Gasteiger partial charge is 0.480 e. The molecular weight excluding hydrogens is 331 g/mol. The first-order valence-corrected chi connectivity index (χ1v) is 9.24. The summed E-state index contributed by atoms with van der Waals surface area (Å²) in [7, 11) is 0. The molecule has 26 heavy (non-hydrogen) atoms. The zero-order valence-electron chi connectivity index (χ0n) is 14.7. The quantitative estimate of drug-likeness (QED) is 0.830. The van der Waals surface area contributed by atoms with Gasteiger partial charge in [0.15, 0.2) is 6.10 Å². The van der Waals surface area contributed by atoms with E-state index in [1.54, 1.807) is 12.1 Å². The van der Waals surface area contributed by atoms with Crippen molar-refractivity contribution in [2.75, 3.05) is 31.1 Å². The Morgan fingerprint density at radius 2 is 1.81 bits per heavy atom. The molecule has 136 valence electrons. The normalized spacial score (nSPS) is 20.1. The Morgan fingerprint density at radius 3 is 2.65 bits per heavy atom. The summed E-state index contributed by atoms with van der Waals surface area (Å²) in [5.41, 5.74) is 2.18. The van der Waals surface area contributed by atoms with Crippen molar-refractivity contribution in [1.29, 1.82) is 0 Å². The van der Waals surface area contributed by atoms with Crippen LogP contribution >= 0.6 is 0 Å². The molecule has 2 aliphatic rings. The zero-order valence-corrected chi connectivity index (χ0v) is 14.7. The van der Waals surface area contributed by atoms with Crippen LogP contribution < -0.4 is 9.64 Å². The van der Waals surface area contributed by atoms with Crippen molar-refractivity contribution in [3.05, 3.63) is 59.9 Å². The van der Waals surface area contributed by atoms with E-state index < -0.39 is 0 Å². The van der Waals surface area contributed by atoms with Gasteiger partial charge in [0.2, 0.25) is 0 Å². The highest BCUT2D eigenvalue weighted by molar-refractivity contribution is 5.81. The molecule has 5 heteroatoms. The molecule has 1 fully saturated rings. The van der Waals surface area contributed by atoms with Crippen LogP contribution in [-0.2, 0) is 11.2 Å². The molecule has 0 unspecified atom stereocenters. The van der Waals surface area contributed by atoms with Crippen molar-refractivity contribution in [2.24, 2.45) is 0 Å². The zero-order chi connectivity index (χ0) is 17.9. The van der Waals surface area contributed by atoms with Crippen LogP contribution in [0.4, 0.5) is 10.1 Å². The number of nitrogens with zero attached hydrogens (tertiary/aromatic N) is 2. The van der Waals surface area contributed by atoms with Gasteiger partial charge in [-0.1, -0.05) is 18.2 Å². The number of anilines is 1. The first-order valence-electron chi connectivity index (χ1n) is 9.24. The number of hydrogen-bond donors (Lipinski definition) is 0. The van der Waals surface area contributed by atoms with E-state index in [1.807, 2.05) is 23.1 Å². The number of fused-ring (bicyclic) bond motifs is 1. The predicted octanol–water partition coefficient (Wildman–Crippen LogP) is 3.26. The van der Waals surface area contributed by atoms with Crippen molar-refractivity contribution in [3.63, 3.8) is 0 Å². The van der Waals surface area contributed by atoms with Gasteiger partial charge in [-0.25, -0.2) is 4.39 Å². The first-order chi connectivity index (χ1) is 12.7. The summed E-state index contributed by atoms with van der Waals surface area (Å²) in [4.78, 5) is 17.1. The molecule has 2 aromatic carbocycles. The van der Waals surface area contributed by atoms with E-state index in [9.17, 15) is 9.18 Å². The molecule has 0 bridgehead atoms. The molecule has 0 spiro atoms. The first kappa shape index (κ1) is 16.9. The van der Waals surface area contributed by atoms with Gasteiger partial charge in [-0.05, 0) is 55.2 Å². The fourth-order valence-electron chi connectivity index (χ4n) is 3.75. The van der Waals surface area contributed by atoms with E-state index in [0.29, 0.717) is 6.54 Å². The molecule has 0 radical (unpaired) electrons. The molecule has 4 nitrogen and oxygen atoms in total. The second kappa shape index (κ2) is 7.36. The molecule has 2 aromatic rings. The monoisotopic (exact) mass is 354 g/mol. The highest BCUT2D eigenvalue weighted by Gasteiger charge is 2.30. The Kier molecular flexibility index (Phi) is 4.78. The number of hydrogen-bond acceptors (Lipinski definition) is 3. The van der Waals surface area contributed by atoms with E-state index in [1.165, 1.54) is 17.7 Å². The number of halogens is 1. The van der Waals surface area contributed by atoms with Crippen LogP contribution in [0, 0.1) is 5.82 Å². The van der Waals surface area contributed by atoms with Gasteiger partial charge in [-0.3, -0.25) is 4.79 Å². The van der Waals surface area contributed by atoms with Crippen LogP contribution in [0.15, 0.2) is 48.5 Å². The molecule has 2 aliphatic heterocycles. The second-order valence-electron chi connectivity index (χ2n) is 6.90. The highest BCUT2D eigenvalue weighted by Crippen LogP contribution is 2.28. The van der Waals surface area contributed by atoms with Gasteiger partial charge in [-0.15, -0.1) is 0 Å². The Balaban J connectivity index is 1.39. The van der Waals surface area contributed by atoms with E-state index in [-0.39, 0.29) is 17.8 Å². The summed E-state index contributed by atoms with van der Waals surface area (Å²) in [6.07, 6.45) is 2.12. The summed E-state index contributed by atoms with van der Waals surface area (Å²) in [6.45, 7) is 3.01. The minimum absolute atomic E-state index is 0.0838. The Hall–Kier alpha value is -2.56. The van der Waals surface area contributed by atoms with Gasteiger partial charge in [0.05, 0.1) is 0 Å². The van der Waals surface area contributed by atoms with Gasteiger partial charge in [0.1, 0.15) is 11.6 Å². The van der Waals surface area contributed by atoms with Crippen LogP contribution in [-0.4, -0.2) is 43.1 Å². The van der Waals surface area contributed by atoms with Crippen LogP contribution in [0.2, 0.25) is 0 Å². The van der Waals surface area contributed by atoms with Gasteiger partial charge in [-0.2, -0.15) is 0 Å². The predicted molar refractivity (Wildman–Crippen MR) is 99.0 cm³/mol. The average Bonchev–Trinajstić information content (AvgIpc) is 2.94. The van der Waals surface area contributed by atoms with Crippen LogP contribution in [0.5, 0.6) is 5.75 Å². The maximum atomic E-state index is 13.1. The third kappa shape index (κ3) is 3.52. The number of para-hydroxylation sites is 1. The lowest BCUT2D eigenvalue weighted by molar-refractivity contribution is -0.139. The minimum atomic E-state index is -0.387. The summed E-state index contributed by atoms with van der Waals surface area (Å²) < 4.78 is 19.1. The summed E-state index contributed by atoms with van der Waals surface area (Å²) in [5, 5.41) is 0. The Labute approximate surface area is 153 Å². The number of aryl methyl sites for hydroxylation is 1. The van der Waals surface area contributed by atoms with E-state index in [0.717, 1.165) is 50.3 Å². The van der Waals surface area contributed by atoms with Crippen LogP contribution in [0.25, 0.3) is 0 Å². The lowest BCUT2D eigenvalue weighted by atomic mass is 10.0. The smallest absolute Gasteiger partial charge is 0.263 e. The van der Waals surface area contributed by atoms with E-state index >= 15 is 0 Å².